The number of carbonyl (C=O) groups is 2. The molecule has 1 heterocycles. The number of piperazine rings is 1. The van der Waals surface area contributed by atoms with Crippen molar-refractivity contribution in [3.05, 3.63) is 77.9 Å². The Morgan fingerprint density at radius 1 is 0.842 bits per heavy atom. The second-order valence-electron chi connectivity index (χ2n) is 8.78. The summed E-state index contributed by atoms with van der Waals surface area (Å²) >= 11 is 0. The number of nitrogens with zero attached hydrogens (tertiary/aromatic N) is 2. The van der Waals surface area contributed by atoms with Crippen LogP contribution in [0.5, 0.6) is 5.75 Å². The lowest BCUT2D eigenvalue weighted by molar-refractivity contribution is -0.136. The summed E-state index contributed by atoms with van der Waals surface area (Å²) in [7, 11) is 1.53. The summed E-state index contributed by atoms with van der Waals surface area (Å²) in [4.78, 5) is 28.6. The second kappa shape index (κ2) is 11.3. The van der Waals surface area contributed by atoms with Crippen LogP contribution in [-0.2, 0) is 6.18 Å². The van der Waals surface area contributed by atoms with Gasteiger partial charge in [0.25, 0.3) is 0 Å². The Labute approximate surface area is 218 Å². The molecular formula is C27H28F3N5O3. The Morgan fingerprint density at radius 3 is 2.18 bits per heavy atom. The number of urea groups is 2. The summed E-state index contributed by atoms with van der Waals surface area (Å²) in [6.07, 6.45) is -4.56. The Hall–Kier alpha value is -4.41. The zero-order chi connectivity index (χ0) is 27.3. The highest BCUT2D eigenvalue weighted by Gasteiger charge is 2.34. The zero-order valence-corrected chi connectivity index (χ0v) is 20.9. The molecule has 0 radical (unpaired) electrons. The van der Waals surface area contributed by atoms with Crippen LogP contribution < -0.4 is 25.6 Å². The molecule has 3 N–H and O–H groups in total. The molecular weight excluding hydrogens is 499 g/mol. The molecule has 0 spiro atoms. The van der Waals surface area contributed by atoms with Crippen molar-refractivity contribution in [2.75, 3.05) is 54.1 Å². The van der Waals surface area contributed by atoms with E-state index in [0.29, 0.717) is 43.3 Å². The van der Waals surface area contributed by atoms with Gasteiger partial charge in [-0.15, -0.1) is 0 Å². The summed E-state index contributed by atoms with van der Waals surface area (Å²) in [6.45, 7) is 3.63. The molecule has 1 aliphatic heterocycles. The van der Waals surface area contributed by atoms with Crippen molar-refractivity contribution in [3.8, 4) is 5.75 Å². The summed E-state index contributed by atoms with van der Waals surface area (Å²) in [5, 5.41) is 7.96. The van der Waals surface area contributed by atoms with Crippen molar-refractivity contribution in [2.45, 2.75) is 13.1 Å². The predicted octanol–water partition coefficient (Wildman–Crippen LogP) is 6.02. The Kier molecular flexibility index (Phi) is 7.94. The van der Waals surface area contributed by atoms with Crippen molar-refractivity contribution >= 4 is 34.8 Å². The number of anilines is 4. The first-order chi connectivity index (χ1) is 18.1. The van der Waals surface area contributed by atoms with Crippen molar-refractivity contribution in [1.82, 2.24) is 4.90 Å². The maximum absolute atomic E-state index is 13.2. The summed E-state index contributed by atoms with van der Waals surface area (Å²) in [5.74, 6) is 0.554. The number of halogens is 3. The highest BCUT2D eigenvalue weighted by atomic mass is 19.4. The monoisotopic (exact) mass is 527 g/mol. The quantitative estimate of drug-likeness (QED) is 0.379. The van der Waals surface area contributed by atoms with E-state index in [1.807, 2.05) is 31.2 Å². The molecule has 3 aromatic rings. The van der Waals surface area contributed by atoms with Crippen LogP contribution in [0.15, 0.2) is 66.7 Å². The first kappa shape index (κ1) is 26.6. The van der Waals surface area contributed by atoms with Crippen molar-refractivity contribution in [3.63, 3.8) is 0 Å². The van der Waals surface area contributed by atoms with Crippen LogP contribution in [0.4, 0.5) is 45.5 Å². The van der Waals surface area contributed by atoms with E-state index in [4.69, 9.17) is 4.74 Å². The summed E-state index contributed by atoms with van der Waals surface area (Å²) < 4.78 is 44.9. The lowest BCUT2D eigenvalue weighted by atomic mass is 10.1. The SMILES string of the molecule is COc1ccc(C)cc1NC(=O)Nc1ccc(N2CCN(C(=O)Nc3ccccc3C(F)(F)F)CC2)cc1. The minimum Gasteiger partial charge on any atom is -0.495 e. The van der Waals surface area contributed by atoms with Crippen LogP contribution in [0.25, 0.3) is 0 Å². The first-order valence-electron chi connectivity index (χ1n) is 11.9. The number of nitrogens with one attached hydrogen (secondary N) is 3. The van der Waals surface area contributed by atoms with Gasteiger partial charge >= 0.3 is 18.2 Å². The van der Waals surface area contributed by atoms with Gasteiger partial charge in [0.15, 0.2) is 0 Å². The molecule has 38 heavy (non-hydrogen) atoms. The van der Waals surface area contributed by atoms with E-state index >= 15 is 0 Å². The molecule has 0 aliphatic carbocycles. The van der Waals surface area contributed by atoms with Gasteiger partial charge in [-0.05, 0) is 61.0 Å². The molecule has 1 aliphatic rings. The number of para-hydroxylation sites is 1. The molecule has 1 saturated heterocycles. The topological polar surface area (TPSA) is 85.9 Å². The van der Waals surface area contributed by atoms with Gasteiger partial charge in [0.2, 0.25) is 0 Å². The number of rotatable bonds is 5. The Bertz CT molecular complexity index is 1290. The van der Waals surface area contributed by atoms with Gasteiger partial charge in [-0.2, -0.15) is 13.2 Å². The minimum absolute atomic E-state index is 0.264. The van der Waals surface area contributed by atoms with E-state index in [2.05, 4.69) is 20.9 Å². The van der Waals surface area contributed by atoms with Gasteiger partial charge in [-0.25, -0.2) is 9.59 Å². The zero-order valence-electron chi connectivity index (χ0n) is 20.9. The number of hydrogen-bond acceptors (Lipinski definition) is 4. The highest BCUT2D eigenvalue weighted by molar-refractivity contribution is 6.00. The largest absolute Gasteiger partial charge is 0.495 e. The normalized spacial score (nSPS) is 13.6. The highest BCUT2D eigenvalue weighted by Crippen LogP contribution is 2.34. The number of benzene rings is 3. The van der Waals surface area contributed by atoms with Crippen LogP contribution in [0.3, 0.4) is 0 Å². The fraction of sp³-hybridized carbons (Fsp3) is 0.259. The first-order valence-corrected chi connectivity index (χ1v) is 11.9. The van der Waals surface area contributed by atoms with Gasteiger partial charge in [-0.3, -0.25) is 0 Å². The standard InChI is InChI=1S/C27H28F3N5O3/c1-18-7-12-24(38-2)23(17-18)32-25(36)31-19-8-10-20(11-9-19)34-13-15-35(16-14-34)26(37)33-22-6-4-3-5-21(22)27(28,29)30/h3-12,17H,13-16H2,1-2H3,(H,33,37)(H2,31,32,36). The summed E-state index contributed by atoms with van der Waals surface area (Å²) in [6, 6.07) is 16.7. The van der Waals surface area contributed by atoms with E-state index in [9.17, 15) is 22.8 Å². The van der Waals surface area contributed by atoms with Crippen LogP contribution in [0.1, 0.15) is 11.1 Å². The van der Waals surface area contributed by atoms with Gasteiger partial charge in [0, 0.05) is 37.6 Å². The number of alkyl halides is 3. The second-order valence-corrected chi connectivity index (χ2v) is 8.78. The molecule has 4 rings (SSSR count). The third kappa shape index (κ3) is 6.47. The number of hydrogen-bond donors (Lipinski definition) is 3. The number of carbonyl (C=O) groups excluding carboxylic acids is 2. The molecule has 0 unspecified atom stereocenters. The third-order valence-corrected chi connectivity index (χ3v) is 6.13. The number of methoxy groups -OCH3 is 1. The lowest BCUT2D eigenvalue weighted by Gasteiger charge is -2.36. The van der Waals surface area contributed by atoms with E-state index in [0.717, 1.165) is 17.3 Å². The van der Waals surface area contributed by atoms with E-state index < -0.39 is 23.8 Å². The molecule has 0 saturated carbocycles. The lowest BCUT2D eigenvalue weighted by Crippen LogP contribution is -2.50. The maximum atomic E-state index is 13.2. The van der Waals surface area contributed by atoms with E-state index in [-0.39, 0.29) is 5.69 Å². The van der Waals surface area contributed by atoms with Gasteiger partial charge in [0.1, 0.15) is 5.75 Å². The van der Waals surface area contributed by atoms with Gasteiger partial charge in [-0.1, -0.05) is 18.2 Å². The average Bonchev–Trinajstić information content (AvgIpc) is 2.89. The number of amides is 4. The van der Waals surface area contributed by atoms with Crippen molar-refractivity contribution in [1.29, 1.82) is 0 Å². The minimum atomic E-state index is -4.56. The predicted molar refractivity (Wildman–Crippen MR) is 141 cm³/mol. The van der Waals surface area contributed by atoms with Crippen LogP contribution >= 0.6 is 0 Å². The molecule has 4 amide bonds. The average molecular weight is 528 g/mol. The Balaban J connectivity index is 1.30. The number of ether oxygens (including phenoxy) is 1. The fourth-order valence-corrected chi connectivity index (χ4v) is 4.16. The van der Waals surface area contributed by atoms with Crippen LogP contribution in [-0.4, -0.2) is 50.3 Å². The smallest absolute Gasteiger partial charge is 0.418 e. The third-order valence-electron chi connectivity index (χ3n) is 6.13. The van der Waals surface area contributed by atoms with Crippen LogP contribution in [0.2, 0.25) is 0 Å². The van der Waals surface area contributed by atoms with Crippen molar-refractivity contribution in [2.24, 2.45) is 0 Å². The number of aryl methyl sites for hydroxylation is 1. The summed E-state index contributed by atoms with van der Waals surface area (Å²) in [5.41, 5.74) is 1.89. The molecule has 0 bridgehead atoms. The van der Waals surface area contributed by atoms with Crippen molar-refractivity contribution < 1.29 is 27.5 Å². The van der Waals surface area contributed by atoms with Gasteiger partial charge < -0.3 is 30.5 Å². The van der Waals surface area contributed by atoms with Crippen LogP contribution in [0, 0.1) is 6.92 Å². The molecule has 0 atom stereocenters. The molecule has 8 nitrogen and oxygen atoms in total. The molecule has 3 aromatic carbocycles. The molecule has 0 aromatic heterocycles. The fourth-order valence-electron chi connectivity index (χ4n) is 4.16. The Morgan fingerprint density at radius 2 is 1.53 bits per heavy atom. The van der Waals surface area contributed by atoms with Gasteiger partial charge in [0.05, 0.1) is 24.0 Å². The molecule has 1 fully saturated rings. The van der Waals surface area contributed by atoms with E-state index in [1.54, 1.807) is 18.2 Å². The van der Waals surface area contributed by atoms with E-state index in [1.165, 1.54) is 30.2 Å². The molecule has 200 valence electrons. The molecule has 11 heteroatoms. The maximum Gasteiger partial charge on any atom is 0.418 e.